The van der Waals surface area contributed by atoms with E-state index in [1.807, 2.05) is 6.92 Å². The normalized spacial score (nSPS) is 11.6. The summed E-state index contributed by atoms with van der Waals surface area (Å²) >= 11 is 0. The third kappa shape index (κ3) is 4.11. The molecule has 1 atom stereocenters. The first-order valence-corrected chi connectivity index (χ1v) is 6.68. The van der Waals surface area contributed by atoms with Crippen molar-refractivity contribution in [3.8, 4) is 11.5 Å². The van der Waals surface area contributed by atoms with Gasteiger partial charge >= 0.3 is 5.97 Å². The third-order valence-electron chi connectivity index (χ3n) is 3.22. The molecular weight excluding hydrogens is 274 g/mol. The molecule has 0 bridgehead atoms. The second-order valence-corrected chi connectivity index (χ2v) is 4.65. The minimum absolute atomic E-state index is 0.166. The molecule has 0 aliphatic carbocycles. The number of amides is 1. The zero-order valence-corrected chi connectivity index (χ0v) is 12.8. The fourth-order valence-electron chi connectivity index (χ4n) is 1.92. The maximum Gasteiger partial charge on any atom is 0.308 e. The van der Waals surface area contributed by atoms with Crippen LogP contribution in [-0.2, 0) is 4.79 Å². The van der Waals surface area contributed by atoms with Crippen molar-refractivity contribution in [3.63, 3.8) is 0 Å². The summed E-state index contributed by atoms with van der Waals surface area (Å²) in [6, 6.07) is 4.88. The van der Waals surface area contributed by atoms with Gasteiger partial charge in [0.05, 0.1) is 20.1 Å². The minimum atomic E-state index is -0.923. The van der Waals surface area contributed by atoms with Gasteiger partial charge in [0.2, 0.25) is 0 Å². The highest BCUT2D eigenvalue weighted by Crippen LogP contribution is 2.28. The molecule has 0 heterocycles. The topological polar surface area (TPSA) is 76.1 Å². The van der Waals surface area contributed by atoms with Gasteiger partial charge in [-0.15, -0.1) is 0 Å². The van der Waals surface area contributed by atoms with Gasteiger partial charge in [-0.3, -0.25) is 9.59 Å². The summed E-state index contributed by atoms with van der Waals surface area (Å²) in [5, 5.41) is 8.95. The summed E-state index contributed by atoms with van der Waals surface area (Å²) in [6.45, 7) is 3.99. The van der Waals surface area contributed by atoms with Crippen molar-refractivity contribution in [2.75, 3.05) is 27.3 Å². The monoisotopic (exact) mass is 295 g/mol. The van der Waals surface area contributed by atoms with Crippen LogP contribution in [0.15, 0.2) is 18.2 Å². The Bertz CT molecular complexity index is 515. The van der Waals surface area contributed by atoms with Crippen LogP contribution in [0.2, 0.25) is 0 Å². The van der Waals surface area contributed by atoms with E-state index in [0.29, 0.717) is 23.6 Å². The molecule has 0 aromatic heterocycles. The molecule has 1 aromatic rings. The standard InChI is InChI=1S/C15H21NO5/c1-5-16(9-10(2)15(18)19)14(17)11-6-7-12(20-3)13(8-11)21-4/h6-8,10H,5,9H2,1-4H3,(H,18,19). The first-order chi connectivity index (χ1) is 9.94. The Morgan fingerprint density at radius 2 is 1.86 bits per heavy atom. The lowest BCUT2D eigenvalue weighted by atomic mass is 10.1. The fourth-order valence-corrected chi connectivity index (χ4v) is 1.92. The van der Waals surface area contributed by atoms with Crippen LogP contribution < -0.4 is 9.47 Å². The van der Waals surface area contributed by atoms with E-state index in [1.165, 1.54) is 19.1 Å². The maximum absolute atomic E-state index is 12.4. The molecule has 0 fully saturated rings. The minimum Gasteiger partial charge on any atom is -0.493 e. The quantitative estimate of drug-likeness (QED) is 0.831. The van der Waals surface area contributed by atoms with Crippen LogP contribution >= 0.6 is 0 Å². The number of ether oxygens (including phenoxy) is 2. The number of methoxy groups -OCH3 is 2. The number of rotatable bonds is 7. The Labute approximate surface area is 124 Å². The molecule has 0 radical (unpaired) electrons. The van der Waals surface area contributed by atoms with Gasteiger partial charge in [0.25, 0.3) is 5.91 Å². The number of aliphatic carboxylic acids is 1. The largest absolute Gasteiger partial charge is 0.493 e. The van der Waals surface area contributed by atoms with Gasteiger partial charge in [-0.05, 0) is 25.1 Å². The van der Waals surface area contributed by atoms with E-state index < -0.39 is 11.9 Å². The second-order valence-electron chi connectivity index (χ2n) is 4.65. The zero-order chi connectivity index (χ0) is 16.0. The van der Waals surface area contributed by atoms with Crippen LogP contribution in [0.3, 0.4) is 0 Å². The van der Waals surface area contributed by atoms with E-state index in [4.69, 9.17) is 14.6 Å². The molecule has 0 spiro atoms. The van der Waals surface area contributed by atoms with Crippen molar-refractivity contribution in [1.82, 2.24) is 4.90 Å². The highest BCUT2D eigenvalue weighted by atomic mass is 16.5. The molecule has 1 N–H and O–H groups in total. The Morgan fingerprint density at radius 3 is 2.33 bits per heavy atom. The zero-order valence-electron chi connectivity index (χ0n) is 12.8. The smallest absolute Gasteiger partial charge is 0.308 e. The molecule has 116 valence electrons. The van der Waals surface area contributed by atoms with Gasteiger partial charge in [-0.1, -0.05) is 6.92 Å². The predicted molar refractivity (Wildman–Crippen MR) is 77.9 cm³/mol. The van der Waals surface area contributed by atoms with Crippen LogP contribution in [-0.4, -0.2) is 49.2 Å². The molecule has 1 aromatic carbocycles. The lowest BCUT2D eigenvalue weighted by molar-refractivity contribution is -0.141. The van der Waals surface area contributed by atoms with Gasteiger partial charge < -0.3 is 19.5 Å². The molecule has 0 saturated carbocycles. The van der Waals surface area contributed by atoms with Crippen molar-refractivity contribution in [1.29, 1.82) is 0 Å². The van der Waals surface area contributed by atoms with E-state index in [0.717, 1.165) is 0 Å². The van der Waals surface area contributed by atoms with Crippen molar-refractivity contribution < 1.29 is 24.2 Å². The maximum atomic E-state index is 12.4. The average molecular weight is 295 g/mol. The number of carbonyl (C=O) groups excluding carboxylic acids is 1. The number of carboxylic acid groups (broad SMARTS) is 1. The molecule has 21 heavy (non-hydrogen) atoms. The molecule has 1 amide bonds. The number of benzene rings is 1. The van der Waals surface area contributed by atoms with E-state index in [-0.39, 0.29) is 12.5 Å². The Balaban J connectivity index is 2.97. The number of hydrogen-bond acceptors (Lipinski definition) is 4. The summed E-state index contributed by atoms with van der Waals surface area (Å²) in [4.78, 5) is 24.9. The third-order valence-corrected chi connectivity index (χ3v) is 3.22. The van der Waals surface area contributed by atoms with E-state index in [1.54, 1.807) is 25.1 Å². The number of nitrogens with zero attached hydrogens (tertiary/aromatic N) is 1. The van der Waals surface area contributed by atoms with Crippen molar-refractivity contribution >= 4 is 11.9 Å². The number of carboxylic acids is 1. The summed E-state index contributed by atoms with van der Waals surface area (Å²) in [5.74, 6) is -0.768. The molecule has 1 unspecified atom stereocenters. The van der Waals surface area contributed by atoms with Crippen LogP contribution in [0.5, 0.6) is 11.5 Å². The Kier molecular flexibility index (Phi) is 6.02. The summed E-state index contributed by atoms with van der Waals surface area (Å²) < 4.78 is 10.3. The highest BCUT2D eigenvalue weighted by molar-refractivity contribution is 5.95. The average Bonchev–Trinajstić information content (AvgIpc) is 2.50. The van der Waals surface area contributed by atoms with Crippen molar-refractivity contribution in [2.24, 2.45) is 5.92 Å². The first-order valence-electron chi connectivity index (χ1n) is 6.68. The second kappa shape index (κ2) is 7.52. The van der Waals surface area contributed by atoms with Gasteiger partial charge in [0.1, 0.15) is 0 Å². The van der Waals surface area contributed by atoms with E-state index in [2.05, 4.69) is 0 Å². The number of hydrogen-bond donors (Lipinski definition) is 1. The van der Waals surface area contributed by atoms with Gasteiger partial charge in [0, 0.05) is 18.7 Å². The molecule has 0 aliphatic heterocycles. The lowest BCUT2D eigenvalue weighted by Gasteiger charge is -2.23. The molecule has 0 saturated heterocycles. The molecule has 0 aliphatic rings. The van der Waals surface area contributed by atoms with Crippen LogP contribution in [0.1, 0.15) is 24.2 Å². The Hall–Kier alpha value is -2.24. The SMILES string of the molecule is CCN(CC(C)C(=O)O)C(=O)c1ccc(OC)c(OC)c1. The Morgan fingerprint density at radius 1 is 1.24 bits per heavy atom. The van der Waals surface area contributed by atoms with Crippen LogP contribution in [0.25, 0.3) is 0 Å². The highest BCUT2D eigenvalue weighted by Gasteiger charge is 2.21. The van der Waals surface area contributed by atoms with Crippen LogP contribution in [0.4, 0.5) is 0 Å². The molecule has 1 rings (SSSR count). The molecular formula is C15H21NO5. The van der Waals surface area contributed by atoms with Crippen LogP contribution in [0, 0.1) is 5.92 Å². The van der Waals surface area contributed by atoms with Gasteiger partial charge in [-0.2, -0.15) is 0 Å². The van der Waals surface area contributed by atoms with E-state index in [9.17, 15) is 9.59 Å². The predicted octanol–water partition coefficient (Wildman–Crippen LogP) is 1.89. The molecule has 6 nitrogen and oxygen atoms in total. The lowest BCUT2D eigenvalue weighted by Crippen LogP contribution is -2.36. The fraction of sp³-hybridized carbons (Fsp3) is 0.467. The molecule has 6 heteroatoms. The summed E-state index contributed by atoms with van der Waals surface area (Å²) in [7, 11) is 3.02. The summed E-state index contributed by atoms with van der Waals surface area (Å²) in [5.41, 5.74) is 0.437. The van der Waals surface area contributed by atoms with E-state index >= 15 is 0 Å². The van der Waals surface area contributed by atoms with Gasteiger partial charge in [0.15, 0.2) is 11.5 Å². The first kappa shape index (κ1) is 16.8. The van der Waals surface area contributed by atoms with Crippen molar-refractivity contribution in [2.45, 2.75) is 13.8 Å². The number of carbonyl (C=O) groups is 2. The van der Waals surface area contributed by atoms with Crippen molar-refractivity contribution in [3.05, 3.63) is 23.8 Å². The van der Waals surface area contributed by atoms with Gasteiger partial charge in [-0.25, -0.2) is 0 Å². The summed E-state index contributed by atoms with van der Waals surface area (Å²) in [6.07, 6.45) is 0.